The van der Waals surface area contributed by atoms with Crippen LogP contribution in [-0.2, 0) is 11.2 Å². The minimum atomic E-state index is -0.144. The van der Waals surface area contributed by atoms with E-state index in [9.17, 15) is 4.79 Å². The Kier molecular flexibility index (Phi) is 4.87. The van der Waals surface area contributed by atoms with Gasteiger partial charge in [0.1, 0.15) is 17.0 Å². The summed E-state index contributed by atoms with van der Waals surface area (Å²) in [6.07, 6.45) is 0.255. The maximum Gasteiger partial charge on any atom is 0.230 e. The number of hydrogen-bond acceptors (Lipinski definition) is 5. The molecule has 0 aliphatic carbocycles. The number of carbonyl (C=O) groups is 1. The molecule has 3 aromatic rings. The Labute approximate surface area is 148 Å². The van der Waals surface area contributed by atoms with Crippen LogP contribution >= 0.6 is 22.9 Å². The lowest BCUT2D eigenvalue weighted by Crippen LogP contribution is -2.14. The van der Waals surface area contributed by atoms with Crippen LogP contribution in [0.1, 0.15) is 5.56 Å². The van der Waals surface area contributed by atoms with Crippen molar-refractivity contribution >= 4 is 44.2 Å². The number of aromatic nitrogens is 1. The summed E-state index contributed by atoms with van der Waals surface area (Å²) in [6.45, 7) is 0. The zero-order chi connectivity index (χ0) is 17.1. The lowest BCUT2D eigenvalue weighted by Gasteiger charge is -2.03. The fourth-order valence-electron chi connectivity index (χ4n) is 2.26. The van der Waals surface area contributed by atoms with Crippen LogP contribution in [0, 0.1) is 0 Å². The summed E-state index contributed by atoms with van der Waals surface area (Å²) in [7, 11) is 3.18. The number of thiazole rings is 1. The molecule has 0 unspecified atom stereocenters. The van der Waals surface area contributed by atoms with Gasteiger partial charge in [0.25, 0.3) is 0 Å². The van der Waals surface area contributed by atoms with E-state index in [1.165, 1.54) is 11.3 Å². The Morgan fingerprint density at radius 3 is 2.58 bits per heavy atom. The molecule has 0 atom stereocenters. The Balaban J connectivity index is 1.76. The Morgan fingerprint density at radius 1 is 1.17 bits per heavy atom. The van der Waals surface area contributed by atoms with E-state index in [-0.39, 0.29) is 12.3 Å². The number of fused-ring (bicyclic) bond motifs is 1. The predicted octanol–water partition coefficient (Wildman–Crippen LogP) is 4.15. The third kappa shape index (κ3) is 3.44. The molecular weight excluding hydrogens is 348 g/mol. The maximum atomic E-state index is 12.2. The van der Waals surface area contributed by atoms with Gasteiger partial charge in [0, 0.05) is 0 Å². The van der Waals surface area contributed by atoms with Gasteiger partial charge in [-0.15, -0.1) is 0 Å². The molecule has 1 aromatic heterocycles. The van der Waals surface area contributed by atoms with Crippen LogP contribution in [0.2, 0.25) is 5.02 Å². The van der Waals surface area contributed by atoms with Crippen LogP contribution in [0.3, 0.4) is 0 Å². The molecule has 7 heteroatoms. The highest BCUT2D eigenvalue weighted by atomic mass is 35.5. The minimum absolute atomic E-state index is 0.144. The van der Waals surface area contributed by atoms with Crippen LogP contribution in [0.25, 0.3) is 10.2 Å². The maximum absolute atomic E-state index is 12.2. The van der Waals surface area contributed by atoms with Gasteiger partial charge >= 0.3 is 0 Å². The second-order valence-corrected chi connectivity index (χ2v) is 6.43. The molecule has 1 heterocycles. The van der Waals surface area contributed by atoms with Gasteiger partial charge in [0.05, 0.1) is 30.4 Å². The predicted molar refractivity (Wildman–Crippen MR) is 96.5 cm³/mol. The number of halogens is 1. The lowest BCUT2D eigenvalue weighted by atomic mass is 10.1. The second kappa shape index (κ2) is 7.07. The van der Waals surface area contributed by atoms with Crippen LogP contribution in [0.5, 0.6) is 11.5 Å². The Hall–Kier alpha value is -2.31. The monoisotopic (exact) mass is 362 g/mol. The van der Waals surface area contributed by atoms with E-state index in [1.807, 2.05) is 24.3 Å². The third-order valence-corrected chi connectivity index (χ3v) is 4.88. The lowest BCUT2D eigenvalue weighted by molar-refractivity contribution is -0.115. The summed E-state index contributed by atoms with van der Waals surface area (Å²) in [6, 6.07) is 10.9. The van der Waals surface area contributed by atoms with Crippen molar-refractivity contribution in [2.24, 2.45) is 0 Å². The van der Waals surface area contributed by atoms with Crippen molar-refractivity contribution in [2.45, 2.75) is 6.42 Å². The molecule has 3 rings (SSSR count). The first-order chi connectivity index (χ1) is 11.6. The van der Waals surface area contributed by atoms with Crippen LogP contribution in [-0.4, -0.2) is 25.1 Å². The Bertz CT molecular complexity index is 877. The van der Waals surface area contributed by atoms with Gasteiger partial charge in [-0.3, -0.25) is 4.79 Å². The largest absolute Gasteiger partial charge is 0.497 e. The van der Waals surface area contributed by atoms with Gasteiger partial charge in [-0.2, -0.15) is 0 Å². The molecule has 124 valence electrons. The van der Waals surface area contributed by atoms with Crippen molar-refractivity contribution < 1.29 is 14.3 Å². The number of carbonyl (C=O) groups excluding carboxylic acids is 1. The molecule has 0 bridgehead atoms. The van der Waals surface area contributed by atoms with E-state index in [1.54, 1.807) is 26.4 Å². The van der Waals surface area contributed by atoms with Crippen molar-refractivity contribution in [1.82, 2.24) is 4.98 Å². The summed E-state index contributed by atoms with van der Waals surface area (Å²) in [5, 5.41) is 3.89. The van der Waals surface area contributed by atoms with Gasteiger partial charge in [0.2, 0.25) is 5.91 Å². The molecule has 0 radical (unpaired) electrons. The van der Waals surface area contributed by atoms with Crippen molar-refractivity contribution in [3.8, 4) is 11.5 Å². The zero-order valence-electron chi connectivity index (χ0n) is 13.1. The smallest absolute Gasteiger partial charge is 0.230 e. The Morgan fingerprint density at radius 2 is 1.92 bits per heavy atom. The van der Waals surface area contributed by atoms with Gasteiger partial charge in [-0.25, -0.2) is 4.98 Å². The van der Waals surface area contributed by atoms with Gasteiger partial charge in [0.15, 0.2) is 5.13 Å². The van der Waals surface area contributed by atoms with E-state index < -0.39 is 0 Å². The molecular formula is C17H15ClN2O3S. The van der Waals surface area contributed by atoms with E-state index in [0.29, 0.717) is 21.4 Å². The number of hydrogen-bond donors (Lipinski definition) is 1. The topological polar surface area (TPSA) is 60.5 Å². The van der Waals surface area contributed by atoms with E-state index in [0.717, 1.165) is 16.0 Å². The van der Waals surface area contributed by atoms with Crippen molar-refractivity contribution in [3.63, 3.8) is 0 Å². The SMILES string of the molecule is COc1ccc(CC(=O)Nc2nc3c(OC)ccc(Cl)c3s2)cc1. The summed E-state index contributed by atoms with van der Waals surface area (Å²) in [5.41, 5.74) is 1.54. The summed E-state index contributed by atoms with van der Waals surface area (Å²) >= 11 is 7.51. The molecule has 24 heavy (non-hydrogen) atoms. The minimum Gasteiger partial charge on any atom is -0.497 e. The van der Waals surface area contributed by atoms with Crippen molar-refractivity contribution in [3.05, 3.63) is 47.0 Å². The molecule has 5 nitrogen and oxygen atoms in total. The zero-order valence-corrected chi connectivity index (χ0v) is 14.7. The number of ether oxygens (including phenoxy) is 2. The third-order valence-electron chi connectivity index (χ3n) is 3.45. The molecule has 0 fully saturated rings. The van der Waals surface area contributed by atoms with Crippen LogP contribution in [0.15, 0.2) is 36.4 Å². The molecule has 0 saturated carbocycles. The molecule has 0 aliphatic rings. The fourth-order valence-corrected chi connectivity index (χ4v) is 3.43. The summed E-state index contributed by atoms with van der Waals surface area (Å²) in [5.74, 6) is 1.24. The number of nitrogens with one attached hydrogen (secondary N) is 1. The first kappa shape index (κ1) is 16.5. The van der Waals surface area contributed by atoms with Gasteiger partial charge in [-0.1, -0.05) is 35.1 Å². The fraction of sp³-hybridized carbons (Fsp3) is 0.176. The molecule has 0 aliphatic heterocycles. The molecule has 1 amide bonds. The van der Waals surface area contributed by atoms with E-state index in [2.05, 4.69) is 10.3 Å². The van der Waals surface area contributed by atoms with Crippen molar-refractivity contribution in [1.29, 1.82) is 0 Å². The number of methoxy groups -OCH3 is 2. The van der Waals surface area contributed by atoms with E-state index in [4.69, 9.17) is 21.1 Å². The summed E-state index contributed by atoms with van der Waals surface area (Å²) in [4.78, 5) is 16.6. The highest BCUT2D eigenvalue weighted by Gasteiger charge is 2.14. The molecule has 0 saturated heterocycles. The highest BCUT2D eigenvalue weighted by Crippen LogP contribution is 2.37. The number of amides is 1. The first-order valence-electron chi connectivity index (χ1n) is 7.16. The average molecular weight is 363 g/mol. The molecule has 0 spiro atoms. The quantitative estimate of drug-likeness (QED) is 0.740. The number of rotatable bonds is 5. The number of nitrogens with zero attached hydrogens (tertiary/aromatic N) is 1. The molecule has 1 N–H and O–H groups in total. The normalized spacial score (nSPS) is 10.6. The van der Waals surface area contributed by atoms with Gasteiger partial charge in [-0.05, 0) is 29.8 Å². The summed E-state index contributed by atoms with van der Waals surface area (Å²) < 4.78 is 11.2. The van der Waals surface area contributed by atoms with Crippen LogP contribution in [0.4, 0.5) is 5.13 Å². The average Bonchev–Trinajstić information content (AvgIpc) is 3.00. The van der Waals surface area contributed by atoms with Crippen molar-refractivity contribution in [2.75, 3.05) is 19.5 Å². The van der Waals surface area contributed by atoms with E-state index >= 15 is 0 Å². The second-order valence-electron chi connectivity index (χ2n) is 5.02. The molecule has 2 aromatic carbocycles. The number of anilines is 1. The van der Waals surface area contributed by atoms with Gasteiger partial charge < -0.3 is 14.8 Å². The highest BCUT2D eigenvalue weighted by molar-refractivity contribution is 7.23. The van der Waals surface area contributed by atoms with Crippen LogP contribution < -0.4 is 14.8 Å². The first-order valence-corrected chi connectivity index (χ1v) is 8.36. The number of benzene rings is 2. The standard InChI is InChI=1S/C17H15ClN2O3S/c1-22-11-5-3-10(4-6-11)9-14(21)19-17-20-15-13(23-2)8-7-12(18)16(15)24-17/h3-8H,9H2,1-2H3,(H,19,20,21).